The van der Waals surface area contributed by atoms with Crippen LogP contribution in [0.15, 0.2) is 22.0 Å². The second-order valence-corrected chi connectivity index (χ2v) is 8.29. The maximum absolute atomic E-state index is 2.51. The standard InChI is InChI=1S/C14H20S2/c1-14(2)11-5-4-10(12(14)9-11)8-13-15-6-3-7-16-13/h4,8,11-12H,3,5-7,9H2,1-2H3/t11-,12-/m1/s1. The van der Waals surface area contributed by atoms with Crippen molar-refractivity contribution in [2.45, 2.75) is 33.1 Å². The molecule has 16 heavy (non-hydrogen) atoms. The molecule has 2 bridgehead atoms. The summed E-state index contributed by atoms with van der Waals surface area (Å²) in [7, 11) is 0. The highest BCUT2D eigenvalue weighted by molar-refractivity contribution is 8.22. The normalized spacial score (nSPS) is 36.4. The van der Waals surface area contributed by atoms with Crippen molar-refractivity contribution in [2.75, 3.05) is 11.5 Å². The molecule has 4 aliphatic rings. The molecule has 1 saturated heterocycles. The van der Waals surface area contributed by atoms with E-state index in [2.05, 4.69) is 49.5 Å². The van der Waals surface area contributed by atoms with E-state index in [1.54, 1.807) is 9.81 Å². The molecule has 3 aliphatic carbocycles. The molecule has 0 aromatic rings. The van der Waals surface area contributed by atoms with Gasteiger partial charge in [-0.2, -0.15) is 0 Å². The second-order valence-electron chi connectivity index (χ2n) is 5.76. The average molecular weight is 252 g/mol. The number of rotatable bonds is 1. The summed E-state index contributed by atoms with van der Waals surface area (Å²) in [4.78, 5) is 0. The van der Waals surface area contributed by atoms with E-state index < -0.39 is 0 Å². The lowest BCUT2D eigenvalue weighted by Gasteiger charge is -2.56. The molecule has 0 N–H and O–H groups in total. The van der Waals surface area contributed by atoms with Crippen molar-refractivity contribution in [1.29, 1.82) is 0 Å². The Balaban J connectivity index is 1.78. The summed E-state index contributed by atoms with van der Waals surface area (Å²) in [5, 5.41) is 0. The Bertz CT molecular complexity index is 344. The van der Waals surface area contributed by atoms with Gasteiger partial charge in [0.05, 0.1) is 0 Å². The molecule has 2 atom stereocenters. The summed E-state index contributed by atoms with van der Waals surface area (Å²) >= 11 is 4.12. The van der Waals surface area contributed by atoms with Crippen LogP contribution in [0.2, 0.25) is 0 Å². The summed E-state index contributed by atoms with van der Waals surface area (Å²) in [5.41, 5.74) is 2.22. The quantitative estimate of drug-likeness (QED) is 0.664. The van der Waals surface area contributed by atoms with E-state index in [0.29, 0.717) is 5.41 Å². The summed E-state index contributed by atoms with van der Waals surface area (Å²) < 4.78 is 1.57. The Morgan fingerprint density at radius 1 is 1.31 bits per heavy atom. The minimum Gasteiger partial charge on any atom is -0.119 e. The van der Waals surface area contributed by atoms with Crippen LogP contribution in [0.4, 0.5) is 0 Å². The summed E-state index contributed by atoms with van der Waals surface area (Å²) in [6, 6.07) is 0. The average Bonchev–Trinajstić information content (AvgIpc) is 2.30. The van der Waals surface area contributed by atoms with Crippen molar-refractivity contribution in [3.8, 4) is 0 Å². The zero-order valence-electron chi connectivity index (χ0n) is 10.2. The Morgan fingerprint density at radius 2 is 2.06 bits per heavy atom. The van der Waals surface area contributed by atoms with Gasteiger partial charge in [-0.05, 0) is 59.7 Å². The van der Waals surface area contributed by atoms with Crippen molar-refractivity contribution in [2.24, 2.45) is 17.3 Å². The minimum absolute atomic E-state index is 0.575. The van der Waals surface area contributed by atoms with Gasteiger partial charge >= 0.3 is 0 Å². The first-order valence-corrected chi connectivity index (χ1v) is 8.32. The SMILES string of the molecule is CC1(C)[C@@H]2CC=C(C=C3SCCCS3)[C@H]1C2. The van der Waals surface area contributed by atoms with Gasteiger partial charge in [0.1, 0.15) is 0 Å². The van der Waals surface area contributed by atoms with Crippen LogP contribution in [0.1, 0.15) is 33.1 Å². The molecule has 2 heteroatoms. The van der Waals surface area contributed by atoms with E-state index in [9.17, 15) is 0 Å². The van der Waals surface area contributed by atoms with E-state index in [1.165, 1.54) is 30.8 Å². The molecular weight excluding hydrogens is 232 g/mol. The predicted octanol–water partition coefficient (Wildman–Crippen LogP) is 4.69. The molecule has 0 unspecified atom stereocenters. The Morgan fingerprint density at radius 3 is 2.69 bits per heavy atom. The smallest absolute Gasteiger partial charge is 0.0403 e. The molecule has 0 radical (unpaired) electrons. The third-order valence-corrected chi connectivity index (χ3v) is 7.07. The van der Waals surface area contributed by atoms with Gasteiger partial charge in [-0.3, -0.25) is 0 Å². The minimum atomic E-state index is 0.575. The summed E-state index contributed by atoms with van der Waals surface area (Å²) in [6.07, 6.45) is 9.14. The molecule has 0 nitrogen and oxygen atoms in total. The van der Waals surface area contributed by atoms with Crippen molar-refractivity contribution in [1.82, 2.24) is 0 Å². The highest BCUT2D eigenvalue weighted by Crippen LogP contribution is 2.59. The Kier molecular flexibility index (Phi) is 2.91. The van der Waals surface area contributed by atoms with Crippen LogP contribution in [0, 0.1) is 17.3 Å². The first-order chi connectivity index (χ1) is 7.68. The highest BCUT2D eigenvalue weighted by Gasteiger charge is 2.50. The van der Waals surface area contributed by atoms with E-state index in [4.69, 9.17) is 0 Å². The Labute approximate surface area is 107 Å². The van der Waals surface area contributed by atoms with E-state index in [-0.39, 0.29) is 0 Å². The third kappa shape index (κ3) is 1.78. The van der Waals surface area contributed by atoms with Crippen LogP contribution < -0.4 is 0 Å². The first kappa shape index (κ1) is 11.3. The van der Waals surface area contributed by atoms with Gasteiger partial charge in [0, 0.05) is 4.24 Å². The Hall–Kier alpha value is 0.180. The van der Waals surface area contributed by atoms with Crippen LogP contribution in [0.3, 0.4) is 0 Å². The van der Waals surface area contributed by atoms with Crippen molar-refractivity contribution in [3.05, 3.63) is 22.0 Å². The number of hydrogen-bond acceptors (Lipinski definition) is 2. The maximum atomic E-state index is 2.51. The maximum Gasteiger partial charge on any atom is 0.0403 e. The number of hydrogen-bond donors (Lipinski definition) is 0. The lowest BCUT2D eigenvalue weighted by molar-refractivity contribution is -0.00328. The van der Waals surface area contributed by atoms with Gasteiger partial charge in [0.25, 0.3) is 0 Å². The molecule has 88 valence electrons. The lowest BCUT2D eigenvalue weighted by atomic mass is 9.49. The van der Waals surface area contributed by atoms with Gasteiger partial charge in [0.2, 0.25) is 0 Å². The second kappa shape index (κ2) is 4.13. The van der Waals surface area contributed by atoms with Crippen LogP contribution in [0.5, 0.6) is 0 Å². The van der Waals surface area contributed by atoms with Gasteiger partial charge in [0.15, 0.2) is 0 Å². The zero-order valence-corrected chi connectivity index (χ0v) is 11.8. The van der Waals surface area contributed by atoms with Gasteiger partial charge in [-0.15, -0.1) is 23.5 Å². The molecule has 1 aliphatic heterocycles. The number of thioether (sulfide) groups is 2. The molecule has 0 aromatic carbocycles. The van der Waals surface area contributed by atoms with Crippen LogP contribution >= 0.6 is 23.5 Å². The van der Waals surface area contributed by atoms with Crippen LogP contribution in [0.25, 0.3) is 0 Å². The third-order valence-electron chi connectivity index (χ3n) is 4.57. The molecule has 0 aromatic heterocycles. The monoisotopic (exact) mass is 252 g/mol. The van der Waals surface area contributed by atoms with E-state index in [0.717, 1.165) is 11.8 Å². The predicted molar refractivity (Wildman–Crippen MR) is 75.7 cm³/mol. The molecule has 0 amide bonds. The summed E-state index contributed by atoms with van der Waals surface area (Å²) in [6.45, 7) is 4.91. The largest absolute Gasteiger partial charge is 0.119 e. The molecular formula is C14H20S2. The van der Waals surface area contributed by atoms with E-state index >= 15 is 0 Å². The van der Waals surface area contributed by atoms with Crippen LogP contribution in [-0.2, 0) is 0 Å². The van der Waals surface area contributed by atoms with Crippen molar-refractivity contribution in [3.63, 3.8) is 0 Å². The number of fused-ring (bicyclic) bond motifs is 1. The number of allylic oxidation sites excluding steroid dienone is 3. The van der Waals surface area contributed by atoms with Gasteiger partial charge in [-0.25, -0.2) is 0 Å². The van der Waals surface area contributed by atoms with Crippen molar-refractivity contribution >= 4 is 23.5 Å². The fourth-order valence-electron chi connectivity index (χ4n) is 3.23. The fourth-order valence-corrected chi connectivity index (χ4v) is 5.66. The molecule has 1 saturated carbocycles. The molecule has 4 rings (SSSR count). The van der Waals surface area contributed by atoms with Gasteiger partial charge < -0.3 is 0 Å². The zero-order chi connectivity index (χ0) is 11.2. The molecule has 1 heterocycles. The highest BCUT2D eigenvalue weighted by atomic mass is 32.2. The lowest BCUT2D eigenvalue weighted by Crippen LogP contribution is -2.47. The first-order valence-electron chi connectivity index (χ1n) is 6.35. The topological polar surface area (TPSA) is 0 Å². The summed E-state index contributed by atoms with van der Waals surface area (Å²) in [5.74, 6) is 4.46. The fraction of sp³-hybridized carbons (Fsp3) is 0.714. The van der Waals surface area contributed by atoms with Crippen molar-refractivity contribution < 1.29 is 0 Å². The van der Waals surface area contributed by atoms with E-state index in [1.807, 2.05) is 0 Å². The van der Waals surface area contributed by atoms with Crippen LogP contribution in [-0.4, -0.2) is 11.5 Å². The van der Waals surface area contributed by atoms with Gasteiger partial charge in [-0.1, -0.05) is 19.9 Å². The molecule has 0 spiro atoms. The molecule has 2 fully saturated rings.